The van der Waals surface area contributed by atoms with Gasteiger partial charge in [0.25, 0.3) is 5.91 Å². The molecule has 0 saturated carbocycles. The van der Waals surface area contributed by atoms with Gasteiger partial charge in [-0.05, 0) is 48.7 Å². The van der Waals surface area contributed by atoms with E-state index in [0.717, 1.165) is 30.6 Å². The molecule has 0 aromatic heterocycles. The number of rotatable bonds is 5. The average Bonchev–Trinajstić information content (AvgIpc) is 2.66. The Morgan fingerprint density at radius 2 is 1.96 bits per heavy atom. The summed E-state index contributed by atoms with van der Waals surface area (Å²) in [6.45, 7) is 2.03. The molecule has 1 aliphatic rings. The van der Waals surface area contributed by atoms with Crippen LogP contribution in [0.25, 0.3) is 0 Å². The van der Waals surface area contributed by atoms with Crippen molar-refractivity contribution in [3.05, 3.63) is 64.7 Å². The summed E-state index contributed by atoms with van der Waals surface area (Å²) in [5.41, 5.74) is 8.06. The number of nitrogens with zero attached hydrogens (tertiary/aromatic N) is 1. The molecule has 2 aromatic rings. The number of anilines is 1. The van der Waals surface area contributed by atoms with E-state index in [2.05, 4.69) is 10.2 Å². The molecule has 1 fully saturated rings. The first-order valence-corrected chi connectivity index (χ1v) is 9.07. The van der Waals surface area contributed by atoms with Crippen molar-refractivity contribution < 1.29 is 9.59 Å². The lowest BCUT2D eigenvalue weighted by Gasteiger charge is -2.33. The summed E-state index contributed by atoms with van der Waals surface area (Å²) >= 11 is 5.91. The Morgan fingerprint density at radius 3 is 2.65 bits per heavy atom. The molecule has 26 heavy (non-hydrogen) atoms. The first kappa shape index (κ1) is 18.3. The van der Waals surface area contributed by atoms with E-state index in [0.29, 0.717) is 23.7 Å². The van der Waals surface area contributed by atoms with Gasteiger partial charge in [0.1, 0.15) is 0 Å². The number of amides is 2. The van der Waals surface area contributed by atoms with Crippen LogP contribution in [0, 0.1) is 5.92 Å². The number of primary amides is 1. The Hall–Kier alpha value is -2.53. The Kier molecular flexibility index (Phi) is 5.78. The normalized spacial score (nSPS) is 17.0. The summed E-state index contributed by atoms with van der Waals surface area (Å²) < 4.78 is 0. The molecule has 1 aliphatic heterocycles. The van der Waals surface area contributed by atoms with Gasteiger partial charge < -0.3 is 16.0 Å². The van der Waals surface area contributed by atoms with Crippen LogP contribution in [0.3, 0.4) is 0 Å². The van der Waals surface area contributed by atoms with Crippen molar-refractivity contribution in [2.75, 3.05) is 18.0 Å². The average molecular weight is 372 g/mol. The molecule has 1 unspecified atom stereocenters. The molecular formula is C20H22ClN3O2. The van der Waals surface area contributed by atoms with Gasteiger partial charge in [0.15, 0.2) is 0 Å². The maximum absolute atomic E-state index is 12.2. The molecule has 0 aliphatic carbocycles. The van der Waals surface area contributed by atoms with Crippen molar-refractivity contribution >= 4 is 29.1 Å². The van der Waals surface area contributed by atoms with Gasteiger partial charge in [0.2, 0.25) is 5.91 Å². The SMILES string of the molecule is NC(=O)C1CCCN(c2ccc(CNC(=O)c3cccc(Cl)c3)cc2)C1. The molecule has 136 valence electrons. The van der Waals surface area contributed by atoms with E-state index >= 15 is 0 Å². The minimum atomic E-state index is -0.227. The van der Waals surface area contributed by atoms with Crippen LogP contribution in [0.15, 0.2) is 48.5 Å². The lowest BCUT2D eigenvalue weighted by atomic mass is 9.97. The van der Waals surface area contributed by atoms with Crippen LogP contribution in [0.4, 0.5) is 5.69 Å². The van der Waals surface area contributed by atoms with Gasteiger partial charge in [0, 0.05) is 35.9 Å². The third-order valence-electron chi connectivity index (χ3n) is 4.67. The maximum Gasteiger partial charge on any atom is 0.251 e. The molecule has 2 aromatic carbocycles. The van der Waals surface area contributed by atoms with E-state index < -0.39 is 0 Å². The summed E-state index contributed by atoms with van der Waals surface area (Å²) in [5, 5.41) is 3.43. The van der Waals surface area contributed by atoms with Crippen LogP contribution in [-0.2, 0) is 11.3 Å². The van der Waals surface area contributed by atoms with Crippen LogP contribution in [0.2, 0.25) is 5.02 Å². The van der Waals surface area contributed by atoms with Crippen molar-refractivity contribution in [2.24, 2.45) is 11.7 Å². The Balaban J connectivity index is 1.58. The van der Waals surface area contributed by atoms with Crippen LogP contribution in [-0.4, -0.2) is 24.9 Å². The number of hydrogen-bond acceptors (Lipinski definition) is 3. The zero-order chi connectivity index (χ0) is 18.5. The number of nitrogens with one attached hydrogen (secondary N) is 1. The minimum Gasteiger partial charge on any atom is -0.371 e. The summed E-state index contributed by atoms with van der Waals surface area (Å²) in [7, 11) is 0. The quantitative estimate of drug-likeness (QED) is 0.848. The van der Waals surface area contributed by atoms with Gasteiger partial charge >= 0.3 is 0 Å². The second-order valence-corrected chi connectivity index (χ2v) is 6.98. The van der Waals surface area contributed by atoms with Gasteiger partial charge in [0.05, 0.1) is 5.92 Å². The molecule has 3 N–H and O–H groups in total. The number of benzene rings is 2. The fraction of sp³-hybridized carbons (Fsp3) is 0.300. The largest absolute Gasteiger partial charge is 0.371 e. The first-order chi connectivity index (χ1) is 12.5. The van der Waals surface area contributed by atoms with E-state index in [4.69, 9.17) is 17.3 Å². The fourth-order valence-corrected chi connectivity index (χ4v) is 3.37. The fourth-order valence-electron chi connectivity index (χ4n) is 3.18. The highest BCUT2D eigenvalue weighted by atomic mass is 35.5. The van der Waals surface area contributed by atoms with E-state index in [-0.39, 0.29) is 17.7 Å². The predicted molar refractivity (Wildman–Crippen MR) is 103 cm³/mol. The highest BCUT2D eigenvalue weighted by Crippen LogP contribution is 2.23. The lowest BCUT2D eigenvalue weighted by molar-refractivity contribution is -0.122. The number of piperidine rings is 1. The van der Waals surface area contributed by atoms with Crippen molar-refractivity contribution in [1.82, 2.24) is 5.32 Å². The monoisotopic (exact) mass is 371 g/mol. The zero-order valence-electron chi connectivity index (χ0n) is 14.5. The summed E-state index contributed by atoms with van der Waals surface area (Å²) in [4.78, 5) is 25.8. The number of nitrogens with two attached hydrogens (primary N) is 1. The second kappa shape index (κ2) is 8.23. The van der Waals surface area contributed by atoms with E-state index in [9.17, 15) is 9.59 Å². The Bertz CT molecular complexity index is 792. The molecule has 1 saturated heterocycles. The third-order valence-corrected chi connectivity index (χ3v) is 4.90. The molecule has 3 rings (SSSR count). The van der Waals surface area contributed by atoms with Gasteiger partial charge in [-0.3, -0.25) is 9.59 Å². The van der Waals surface area contributed by atoms with Crippen LogP contribution < -0.4 is 16.0 Å². The van der Waals surface area contributed by atoms with E-state index in [1.165, 1.54) is 0 Å². The summed E-state index contributed by atoms with van der Waals surface area (Å²) in [6.07, 6.45) is 1.82. The third kappa shape index (κ3) is 4.55. The van der Waals surface area contributed by atoms with Crippen molar-refractivity contribution in [1.29, 1.82) is 0 Å². The van der Waals surface area contributed by atoms with Gasteiger partial charge in [-0.25, -0.2) is 0 Å². The number of carbonyl (C=O) groups is 2. The van der Waals surface area contributed by atoms with Crippen LogP contribution >= 0.6 is 11.6 Å². The second-order valence-electron chi connectivity index (χ2n) is 6.55. The molecule has 0 spiro atoms. The van der Waals surface area contributed by atoms with Gasteiger partial charge in [-0.15, -0.1) is 0 Å². The summed E-state index contributed by atoms with van der Waals surface area (Å²) in [5.74, 6) is -0.465. The minimum absolute atomic E-state index is 0.0830. The summed E-state index contributed by atoms with van der Waals surface area (Å²) in [6, 6.07) is 14.9. The number of halogens is 1. The van der Waals surface area contributed by atoms with Gasteiger partial charge in [-0.2, -0.15) is 0 Å². The maximum atomic E-state index is 12.2. The molecule has 0 radical (unpaired) electrons. The van der Waals surface area contributed by atoms with Crippen molar-refractivity contribution in [2.45, 2.75) is 19.4 Å². The highest BCUT2D eigenvalue weighted by Gasteiger charge is 2.24. The molecule has 6 heteroatoms. The Morgan fingerprint density at radius 1 is 1.19 bits per heavy atom. The van der Waals surface area contributed by atoms with Gasteiger partial charge in [-0.1, -0.05) is 29.8 Å². The predicted octanol–water partition coefficient (Wildman–Crippen LogP) is 2.97. The molecule has 1 heterocycles. The lowest BCUT2D eigenvalue weighted by Crippen LogP contribution is -2.41. The number of hydrogen-bond donors (Lipinski definition) is 2. The Labute approximate surface area is 158 Å². The molecule has 5 nitrogen and oxygen atoms in total. The molecule has 1 atom stereocenters. The molecular weight excluding hydrogens is 350 g/mol. The molecule has 2 amide bonds. The van der Waals surface area contributed by atoms with E-state index in [1.54, 1.807) is 24.3 Å². The topological polar surface area (TPSA) is 75.4 Å². The van der Waals surface area contributed by atoms with Crippen molar-refractivity contribution in [3.63, 3.8) is 0 Å². The smallest absolute Gasteiger partial charge is 0.251 e. The van der Waals surface area contributed by atoms with E-state index in [1.807, 2.05) is 24.3 Å². The first-order valence-electron chi connectivity index (χ1n) is 8.70. The standard InChI is InChI=1S/C20H22ClN3O2/c21-17-5-1-3-15(11-17)20(26)23-12-14-6-8-18(9-7-14)24-10-2-4-16(13-24)19(22)25/h1,3,5-9,11,16H,2,4,10,12-13H2,(H2,22,25)(H,23,26). The van der Waals surface area contributed by atoms with Crippen LogP contribution in [0.5, 0.6) is 0 Å². The van der Waals surface area contributed by atoms with Crippen molar-refractivity contribution in [3.8, 4) is 0 Å². The van der Waals surface area contributed by atoms with Crippen LogP contribution in [0.1, 0.15) is 28.8 Å². The molecule has 0 bridgehead atoms. The number of carbonyl (C=O) groups excluding carboxylic acids is 2. The highest BCUT2D eigenvalue weighted by molar-refractivity contribution is 6.30. The zero-order valence-corrected chi connectivity index (χ0v) is 15.2.